The van der Waals surface area contributed by atoms with Gasteiger partial charge in [0.2, 0.25) is 11.8 Å². The Bertz CT molecular complexity index is 1800. The molecule has 3 fully saturated rings. The van der Waals surface area contributed by atoms with Crippen LogP contribution in [0.15, 0.2) is 98.1 Å². The second-order valence-electron chi connectivity index (χ2n) is 13.8. The lowest BCUT2D eigenvalue weighted by Gasteiger charge is -2.37. The summed E-state index contributed by atoms with van der Waals surface area (Å²) in [6.07, 6.45) is 3.86. The largest absolute Gasteiger partial charge is 0.455 e. The summed E-state index contributed by atoms with van der Waals surface area (Å²) in [7, 11) is 1.69. The van der Waals surface area contributed by atoms with Gasteiger partial charge in [0.25, 0.3) is 5.91 Å². The highest BCUT2D eigenvalue weighted by Crippen LogP contribution is 2.59. The minimum atomic E-state index is -1.25. The minimum absolute atomic E-state index is 0.107. The molecule has 2 bridgehead atoms. The van der Waals surface area contributed by atoms with Crippen molar-refractivity contribution < 1.29 is 33.8 Å². The second kappa shape index (κ2) is 15.2. The van der Waals surface area contributed by atoms with E-state index < -0.39 is 47.7 Å². The van der Waals surface area contributed by atoms with Crippen molar-refractivity contribution in [3.05, 3.63) is 104 Å². The fourth-order valence-corrected chi connectivity index (χ4v) is 8.25. The molecule has 10 nitrogen and oxygen atoms in total. The molecule has 3 aromatic carbocycles. The number of amides is 3. The monoisotopic (exact) mass is 693 g/mol. The van der Waals surface area contributed by atoms with Crippen molar-refractivity contribution in [3.63, 3.8) is 0 Å². The number of anilines is 1. The number of aliphatic hydroxyl groups excluding tert-OH is 1. The number of likely N-dealkylation sites (N-methyl/N-ethyl adjacent to an activating group) is 1. The van der Waals surface area contributed by atoms with Gasteiger partial charge >= 0.3 is 5.97 Å². The first-order chi connectivity index (χ1) is 24.7. The lowest BCUT2D eigenvalue weighted by Crippen LogP contribution is -2.56. The first-order valence-electron chi connectivity index (χ1n) is 17.8. The van der Waals surface area contributed by atoms with Crippen LogP contribution in [-0.4, -0.2) is 89.1 Å². The Morgan fingerprint density at radius 3 is 2.49 bits per heavy atom. The van der Waals surface area contributed by atoms with Crippen LogP contribution in [0.3, 0.4) is 0 Å². The van der Waals surface area contributed by atoms with Gasteiger partial charge < -0.3 is 29.3 Å². The van der Waals surface area contributed by atoms with Crippen LogP contribution in [0.1, 0.15) is 50.7 Å². The van der Waals surface area contributed by atoms with Gasteiger partial charge in [0.1, 0.15) is 17.7 Å². The first kappa shape index (κ1) is 36.0. The quantitative estimate of drug-likeness (QED) is 0.172. The first-order valence-corrected chi connectivity index (χ1v) is 17.8. The molecule has 3 aromatic rings. The number of nitrogens with zero attached hydrogens (tertiary/aromatic N) is 3. The highest BCUT2D eigenvalue weighted by molar-refractivity contribution is 6.05. The summed E-state index contributed by atoms with van der Waals surface area (Å²) in [6, 6.07) is 21.4. The van der Waals surface area contributed by atoms with E-state index in [0.29, 0.717) is 30.5 Å². The normalized spacial score (nSPS) is 24.5. The molecule has 3 aliphatic rings. The third-order valence-electron chi connectivity index (χ3n) is 10.9. The maximum absolute atomic E-state index is 14.8. The number of carbonyl (C=O) groups is 4. The lowest BCUT2D eigenvalue weighted by molar-refractivity contribution is -0.164. The Hall–Kier alpha value is -4.80. The molecule has 268 valence electrons. The van der Waals surface area contributed by atoms with E-state index in [2.05, 4.69) is 13.2 Å². The molecule has 3 heterocycles. The standard InChI is InChI=1S/C41H47N3O7/c1-5-7-18-33(46)42(4)27(3)36(29-15-9-8-10-16-29)50-40(49)34-32-21-22-41(51-32)35(34)38(47)44(24-13-25-45)37(41)39(48)43(23-6-2)31-20-19-28-14-11-12-17-30(28)26-31/h5-6,8-12,14-17,19-20,26-27,32,34-37,45H,1-2,7,13,18,21-25H2,3-4H3/t27-,32-,34+,35+,36+,37-,41+/m1/s1. The number of benzene rings is 3. The smallest absolute Gasteiger partial charge is 0.313 e. The van der Waals surface area contributed by atoms with Crippen molar-refractivity contribution in [2.24, 2.45) is 11.8 Å². The highest BCUT2D eigenvalue weighted by atomic mass is 16.6. The molecule has 0 aliphatic carbocycles. The predicted molar refractivity (Wildman–Crippen MR) is 194 cm³/mol. The number of carbonyl (C=O) groups excluding carboxylic acids is 4. The molecule has 10 heteroatoms. The molecule has 0 unspecified atom stereocenters. The van der Waals surface area contributed by atoms with Crippen LogP contribution in [-0.2, 0) is 28.7 Å². The number of esters is 1. The van der Waals surface area contributed by atoms with Gasteiger partial charge in [0.05, 0.1) is 24.0 Å². The van der Waals surface area contributed by atoms with E-state index in [-0.39, 0.29) is 50.3 Å². The lowest BCUT2D eigenvalue weighted by atomic mass is 9.70. The molecule has 51 heavy (non-hydrogen) atoms. The summed E-state index contributed by atoms with van der Waals surface area (Å²) in [5.41, 5.74) is 0.119. The molecule has 7 atom stereocenters. The van der Waals surface area contributed by atoms with Crippen molar-refractivity contribution in [1.82, 2.24) is 9.80 Å². The molecule has 3 saturated heterocycles. The maximum atomic E-state index is 14.8. The summed E-state index contributed by atoms with van der Waals surface area (Å²) >= 11 is 0. The van der Waals surface area contributed by atoms with E-state index in [0.717, 1.165) is 10.8 Å². The average Bonchev–Trinajstić information content (AvgIpc) is 3.80. The van der Waals surface area contributed by atoms with Crippen molar-refractivity contribution in [2.75, 3.05) is 31.6 Å². The van der Waals surface area contributed by atoms with Crippen molar-refractivity contribution in [3.8, 4) is 0 Å². The SMILES string of the molecule is C=CCCC(=O)N(C)[C@H](C)[C@H](OC(=O)[C@@H]1[C@H]2C(=O)N(CCCO)[C@H](C(=O)N(CC=C)c3ccc4ccccc4c3)[C@]23CC[C@H]1O3)c1ccccc1. The minimum Gasteiger partial charge on any atom is -0.455 e. The molecule has 0 saturated carbocycles. The van der Waals surface area contributed by atoms with Crippen molar-refractivity contribution in [2.45, 2.75) is 68.9 Å². The highest BCUT2D eigenvalue weighted by Gasteiger charge is 2.75. The van der Waals surface area contributed by atoms with Gasteiger partial charge in [-0.1, -0.05) is 72.8 Å². The molecule has 0 aromatic heterocycles. The van der Waals surface area contributed by atoms with Crippen LogP contribution >= 0.6 is 0 Å². The van der Waals surface area contributed by atoms with E-state index in [1.165, 1.54) is 4.90 Å². The van der Waals surface area contributed by atoms with Crippen molar-refractivity contribution >= 4 is 40.2 Å². The molecule has 3 amide bonds. The zero-order chi connectivity index (χ0) is 36.3. The number of likely N-dealkylation sites (tertiary alicyclic amines) is 1. The Morgan fingerprint density at radius 2 is 1.78 bits per heavy atom. The topological polar surface area (TPSA) is 117 Å². The molecule has 3 aliphatic heterocycles. The third kappa shape index (κ3) is 6.58. The summed E-state index contributed by atoms with van der Waals surface area (Å²) in [6.45, 7) is 9.60. The van der Waals surface area contributed by atoms with Gasteiger partial charge in [0.15, 0.2) is 0 Å². The number of hydrogen-bond acceptors (Lipinski definition) is 7. The number of rotatable bonds is 15. The van der Waals surface area contributed by atoms with Gasteiger partial charge in [-0.05, 0) is 61.1 Å². The van der Waals surface area contributed by atoms with E-state index in [1.54, 1.807) is 29.0 Å². The van der Waals surface area contributed by atoms with Gasteiger partial charge in [-0.25, -0.2) is 0 Å². The van der Waals surface area contributed by atoms with Crippen LogP contribution < -0.4 is 4.90 Å². The van der Waals surface area contributed by atoms with E-state index >= 15 is 0 Å². The van der Waals surface area contributed by atoms with Crippen LogP contribution in [0.25, 0.3) is 10.8 Å². The zero-order valence-corrected chi connectivity index (χ0v) is 29.4. The van der Waals surface area contributed by atoms with E-state index in [4.69, 9.17) is 9.47 Å². The number of fused-ring (bicyclic) bond motifs is 2. The Labute approximate surface area is 299 Å². The Morgan fingerprint density at radius 1 is 1.06 bits per heavy atom. The van der Waals surface area contributed by atoms with Gasteiger partial charge in [-0.15, -0.1) is 13.2 Å². The number of hydrogen-bond donors (Lipinski definition) is 1. The van der Waals surface area contributed by atoms with Crippen molar-refractivity contribution in [1.29, 1.82) is 0 Å². The third-order valence-corrected chi connectivity index (χ3v) is 10.9. The number of allylic oxidation sites excluding steroid dienone is 1. The molecule has 1 N–H and O–H groups in total. The molecule has 6 rings (SSSR count). The summed E-state index contributed by atoms with van der Waals surface area (Å²) in [5, 5.41) is 11.8. The van der Waals surface area contributed by atoms with Crippen LogP contribution in [0, 0.1) is 11.8 Å². The Balaban J connectivity index is 1.33. The number of ether oxygens (including phenoxy) is 2. The second-order valence-corrected chi connectivity index (χ2v) is 13.8. The fraction of sp³-hybridized carbons (Fsp3) is 0.415. The summed E-state index contributed by atoms with van der Waals surface area (Å²) < 4.78 is 13.0. The molecule has 0 radical (unpaired) electrons. The maximum Gasteiger partial charge on any atom is 0.313 e. The van der Waals surface area contributed by atoms with Crippen LogP contribution in [0.4, 0.5) is 5.69 Å². The fourth-order valence-electron chi connectivity index (χ4n) is 8.25. The van der Waals surface area contributed by atoms with Crippen LogP contribution in [0.2, 0.25) is 0 Å². The van der Waals surface area contributed by atoms with E-state index in [1.807, 2.05) is 79.7 Å². The summed E-state index contributed by atoms with van der Waals surface area (Å²) in [4.78, 5) is 61.5. The summed E-state index contributed by atoms with van der Waals surface area (Å²) in [5.74, 6) is -3.29. The molecule has 1 spiro atoms. The molecular weight excluding hydrogens is 646 g/mol. The van der Waals surface area contributed by atoms with Gasteiger partial charge in [-0.2, -0.15) is 0 Å². The van der Waals surface area contributed by atoms with Gasteiger partial charge in [0, 0.05) is 38.9 Å². The number of aliphatic hydroxyl groups is 1. The average molecular weight is 694 g/mol. The van der Waals surface area contributed by atoms with Crippen LogP contribution in [0.5, 0.6) is 0 Å². The van der Waals surface area contributed by atoms with Gasteiger partial charge in [-0.3, -0.25) is 19.2 Å². The predicted octanol–water partition coefficient (Wildman–Crippen LogP) is 5.21. The zero-order valence-electron chi connectivity index (χ0n) is 29.4. The Kier molecular flexibility index (Phi) is 10.7. The molecular formula is C41H47N3O7. The van der Waals surface area contributed by atoms with E-state index in [9.17, 15) is 24.3 Å².